The highest BCUT2D eigenvalue weighted by Crippen LogP contribution is 2.31. The number of hydrogen-bond donors (Lipinski definition) is 1. The summed E-state index contributed by atoms with van der Waals surface area (Å²) in [5.74, 6) is 0.176. The monoisotopic (exact) mass is 355 g/mol. The van der Waals surface area contributed by atoms with Gasteiger partial charge in [0.15, 0.2) is 5.76 Å². The highest BCUT2D eigenvalue weighted by atomic mass is 16.5. The van der Waals surface area contributed by atoms with Crippen LogP contribution in [-0.2, 0) is 11.2 Å². The van der Waals surface area contributed by atoms with Crippen LogP contribution in [0, 0.1) is 0 Å². The second-order valence-electron chi connectivity index (χ2n) is 6.91. The van der Waals surface area contributed by atoms with Crippen molar-refractivity contribution in [1.82, 2.24) is 10.2 Å². The number of nitrogens with one attached hydrogen (secondary N) is 1. The molecule has 0 aliphatic carbocycles. The van der Waals surface area contributed by atoms with E-state index in [1.165, 1.54) is 23.1 Å². The number of benzene rings is 1. The second kappa shape index (κ2) is 7.51. The number of amides is 1. The molecule has 1 N–H and O–H groups in total. The fourth-order valence-electron chi connectivity index (χ4n) is 3.83. The molecule has 0 spiro atoms. The SMILES string of the molecule is CN1CCc2cc([C@H](CNC(=O)c3ccco3)N3CCOCC3)ccc21. The normalized spacial score (nSPS) is 18.6. The van der Waals surface area contributed by atoms with Crippen LogP contribution in [0.4, 0.5) is 5.69 Å². The molecule has 2 aliphatic rings. The topological polar surface area (TPSA) is 58.0 Å². The molecule has 1 aromatic heterocycles. The molecule has 0 unspecified atom stereocenters. The van der Waals surface area contributed by atoms with Crippen molar-refractivity contribution in [3.63, 3.8) is 0 Å². The van der Waals surface area contributed by atoms with Gasteiger partial charge in [-0.3, -0.25) is 9.69 Å². The van der Waals surface area contributed by atoms with E-state index >= 15 is 0 Å². The molecule has 2 aliphatic heterocycles. The summed E-state index contributed by atoms with van der Waals surface area (Å²) in [5, 5.41) is 3.03. The van der Waals surface area contributed by atoms with E-state index in [1.807, 2.05) is 0 Å². The molecular weight excluding hydrogens is 330 g/mol. The molecule has 0 radical (unpaired) electrons. The maximum absolute atomic E-state index is 12.3. The molecule has 1 atom stereocenters. The number of furan rings is 1. The number of nitrogens with zero attached hydrogens (tertiary/aromatic N) is 2. The van der Waals surface area contributed by atoms with Crippen LogP contribution in [0.2, 0.25) is 0 Å². The smallest absolute Gasteiger partial charge is 0.287 e. The molecule has 6 heteroatoms. The van der Waals surface area contributed by atoms with Gasteiger partial charge in [-0.2, -0.15) is 0 Å². The Kier molecular flexibility index (Phi) is 4.95. The van der Waals surface area contributed by atoms with Gasteiger partial charge in [0, 0.05) is 38.9 Å². The van der Waals surface area contributed by atoms with Crippen molar-refractivity contribution in [2.45, 2.75) is 12.5 Å². The van der Waals surface area contributed by atoms with Crippen LogP contribution >= 0.6 is 0 Å². The highest BCUT2D eigenvalue weighted by Gasteiger charge is 2.25. The van der Waals surface area contributed by atoms with Crippen molar-refractivity contribution < 1.29 is 13.9 Å². The van der Waals surface area contributed by atoms with Crippen LogP contribution in [0.15, 0.2) is 41.0 Å². The van der Waals surface area contributed by atoms with Crippen molar-refractivity contribution in [2.75, 3.05) is 51.3 Å². The van der Waals surface area contributed by atoms with Gasteiger partial charge in [0.1, 0.15) is 0 Å². The standard InChI is InChI=1S/C20H25N3O3/c1-22-7-6-16-13-15(4-5-17(16)22)18(23-8-11-25-12-9-23)14-21-20(24)19-3-2-10-26-19/h2-5,10,13,18H,6-9,11-12,14H2,1H3,(H,21,24)/t18-/m0/s1. The van der Waals surface area contributed by atoms with Gasteiger partial charge in [-0.25, -0.2) is 0 Å². The van der Waals surface area contributed by atoms with Gasteiger partial charge in [0.05, 0.1) is 25.5 Å². The summed E-state index contributed by atoms with van der Waals surface area (Å²) in [4.78, 5) is 17.0. The second-order valence-corrected chi connectivity index (χ2v) is 6.91. The predicted molar refractivity (Wildman–Crippen MR) is 99.6 cm³/mol. The molecule has 1 fully saturated rings. The van der Waals surface area contributed by atoms with Crippen molar-refractivity contribution in [2.24, 2.45) is 0 Å². The van der Waals surface area contributed by atoms with E-state index in [2.05, 4.69) is 40.4 Å². The summed E-state index contributed by atoms with van der Waals surface area (Å²) in [5.41, 5.74) is 3.95. The van der Waals surface area contributed by atoms with Gasteiger partial charge in [-0.15, -0.1) is 0 Å². The number of likely N-dealkylation sites (N-methyl/N-ethyl adjacent to an activating group) is 1. The third-order valence-electron chi connectivity index (χ3n) is 5.30. The van der Waals surface area contributed by atoms with E-state index in [0.717, 1.165) is 39.3 Å². The fourth-order valence-corrected chi connectivity index (χ4v) is 3.83. The number of hydrogen-bond acceptors (Lipinski definition) is 5. The average molecular weight is 355 g/mol. The lowest BCUT2D eigenvalue weighted by atomic mass is 10.0. The molecule has 1 saturated heterocycles. The Bertz CT molecular complexity index is 754. The number of fused-ring (bicyclic) bond motifs is 1. The Morgan fingerprint density at radius 2 is 2.08 bits per heavy atom. The summed E-state index contributed by atoms with van der Waals surface area (Å²) in [6, 6.07) is 10.3. The Balaban J connectivity index is 1.54. The zero-order valence-corrected chi connectivity index (χ0v) is 15.1. The lowest BCUT2D eigenvalue weighted by molar-refractivity contribution is 0.0161. The number of anilines is 1. The molecule has 2 aromatic rings. The molecular formula is C20H25N3O3. The van der Waals surface area contributed by atoms with Crippen molar-refractivity contribution in [3.05, 3.63) is 53.5 Å². The average Bonchev–Trinajstić information content (AvgIpc) is 3.33. The predicted octanol–water partition coefficient (Wildman–Crippen LogP) is 2.08. The molecule has 3 heterocycles. The van der Waals surface area contributed by atoms with E-state index in [1.54, 1.807) is 12.1 Å². The van der Waals surface area contributed by atoms with Gasteiger partial charge < -0.3 is 19.4 Å². The van der Waals surface area contributed by atoms with E-state index in [4.69, 9.17) is 9.15 Å². The fraction of sp³-hybridized carbons (Fsp3) is 0.450. The van der Waals surface area contributed by atoms with Gasteiger partial charge >= 0.3 is 0 Å². The minimum Gasteiger partial charge on any atom is -0.459 e. The minimum atomic E-state index is -0.172. The van der Waals surface area contributed by atoms with Gasteiger partial charge in [0.2, 0.25) is 0 Å². The summed E-state index contributed by atoms with van der Waals surface area (Å²) < 4.78 is 10.7. The largest absolute Gasteiger partial charge is 0.459 e. The molecule has 4 rings (SSSR count). The zero-order valence-electron chi connectivity index (χ0n) is 15.1. The lowest BCUT2D eigenvalue weighted by Crippen LogP contribution is -2.43. The molecule has 6 nitrogen and oxygen atoms in total. The van der Waals surface area contributed by atoms with Gasteiger partial charge in [-0.05, 0) is 35.7 Å². The van der Waals surface area contributed by atoms with Crippen molar-refractivity contribution in [3.8, 4) is 0 Å². The van der Waals surface area contributed by atoms with Crippen LogP contribution in [0.25, 0.3) is 0 Å². The number of carbonyl (C=O) groups excluding carboxylic acids is 1. The van der Waals surface area contributed by atoms with Crippen LogP contribution in [0.5, 0.6) is 0 Å². The lowest BCUT2D eigenvalue weighted by Gasteiger charge is -2.35. The first-order chi connectivity index (χ1) is 12.7. The Morgan fingerprint density at radius 1 is 1.23 bits per heavy atom. The summed E-state index contributed by atoms with van der Waals surface area (Å²) in [6.45, 7) is 4.83. The number of morpholine rings is 1. The first kappa shape index (κ1) is 17.1. The Hall–Kier alpha value is -2.31. The molecule has 26 heavy (non-hydrogen) atoms. The molecule has 0 saturated carbocycles. The number of rotatable bonds is 5. The van der Waals surface area contributed by atoms with E-state index in [9.17, 15) is 4.79 Å². The van der Waals surface area contributed by atoms with E-state index in [-0.39, 0.29) is 11.9 Å². The van der Waals surface area contributed by atoms with Crippen molar-refractivity contribution >= 4 is 11.6 Å². The van der Waals surface area contributed by atoms with Crippen molar-refractivity contribution in [1.29, 1.82) is 0 Å². The maximum atomic E-state index is 12.3. The Labute approximate surface area is 153 Å². The molecule has 0 bridgehead atoms. The van der Waals surface area contributed by atoms with Crippen LogP contribution in [-0.4, -0.2) is 57.2 Å². The summed E-state index contributed by atoms with van der Waals surface area (Å²) in [7, 11) is 2.13. The van der Waals surface area contributed by atoms with Crippen LogP contribution < -0.4 is 10.2 Å². The summed E-state index contributed by atoms with van der Waals surface area (Å²) >= 11 is 0. The Morgan fingerprint density at radius 3 is 2.85 bits per heavy atom. The van der Waals surface area contributed by atoms with E-state index in [0.29, 0.717) is 12.3 Å². The van der Waals surface area contributed by atoms with E-state index < -0.39 is 0 Å². The third kappa shape index (κ3) is 3.48. The quantitative estimate of drug-likeness (QED) is 0.890. The number of ether oxygens (including phenoxy) is 1. The third-order valence-corrected chi connectivity index (χ3v) is 5.30. The first-order valence-corrected chi connectivity index (χ1v) is 9.20. The summed E-state index contributed by atoms with van der Waals surface area (Å²) in [6.07, 6.45) is 2.60. The first-order valence-electron chi connectivity index (χ1n) is 9.20. The zero-order chi connectivity index (χ0) is 17.9. The molecule has 1 aromatic carbocycles. The maximum Gasteiger partial charge on any atom is 0.287 e. The molecule has 1 amide bonds. The molecule has 138 valence electrons. The van der Waals surface area contributed by atoms with Crippen LogP contribution in [0.3, 0.4) is 0 Å². The highest BCUT2D eigenvalue weighted by molar-refractivity contribution is 5.91. The van der Waals surface area contributed by atoms with Crippen LogP contribution in [0.1, 0.15) is 27.7 Å². The van der Waals surface area contributed by atoms with Gasteiger partial charge in [0.25, 0.3) is 5.91 Å². The number of carbonyl (C=O) groups is 1. The van der Waals surface area contributed by atoms with Gasteiger partial charge in [-0.1, -0.05) is 12.1 Å². The minimum absolute atomic E-state index is 0.133.